The Hall–Kier alpha value is -2.94. The molecule has 166 valence electrons. The number of ether oxygens (including phenoxy) is 1. The Labute approximate surface area is 211 Å². The van der Waals surface area contributed by atoms with Crippen molar-refractivity contribution in [3.8, 4) is 5.75 Å². The van der Waals surface area contributed by atoms with E-state index in [9.17, 15) is 14.4 Å². The fourth-order valence-corrected chi connectivity index (χ4v) is 4.10. The van der Waals surface area contributed by atoms with Crippen LogP contribution >= 0.6 is 43.5 Å². The predicted molar refractivity (Wildman–Crippen MR) is 133 cm³/mol. The zero-order valence-corrected chi connectivity index (χ0v) is 20.8. The van der Waals surface area contributed by atoms with Gasteiger partial charge in [-0.3, -0.25) is 14.9 Å². The van der Waals surface area contributed by atoms with Crippen LogP contribution < -0.4 is 15.0 Å². The van der Waals surface area contributed by atoms with Gasteiger partial charge in [0.15, 0.2) is 0 Å². The largest absolute Gasteiger partial charge is 0.488 e. The number of anilines is 1. The lowest BCUT2D eigenvalue weighted by Gasteiger charge is -2.26. The highest BCUT2D eigenvalue weighted by molar-refractivity contribution is 9.10. The maximum Gasteiger partial charge on any atom is 0.335 e. The molecule has 1 aliphatic rings. The van der Waals surface area contributed by atoms with Crippen LogP contribution in [0.2, 0.25) is 5.02 Å². The topological polar surface area (TPSA) is 75.7 Å². The number of carbonyl (C=O) groups is 3. The number of hydrogen-bond acceptors (Lipinski definition) is 4. The summed E-state index contributed by atoms with van der Waals surface area (Å²) in [6.07, 6.45) is 1.42. The molecular weight excluding hydrogens is 576 g/mol. The highest BCUT2D eigenvalue weighted by atomic mass is 79.9. The lowest BCUT2D eigenvalue weighted by molar-refractivity contribution is -0.122. The molecule has 3 aromatic rings. The van der Waals surface area contributed by atoms with E-state index >= 15 is 0 Å². The van der Waals surface area contributed by atoms with Crippen molar-refractivity contribution in [2.45, 2.75) is 6.61 Å². The van der Waals surface area contributed by atoms with Gasteiger partial charge >= 0.3 is 6.03 Å². The summed E-state index contributed by atoms with van der Waals surface area (Å²) in [4.78, 5) is 38.6. The molecule has 3 aromatic carbocycles. The average molecular weight is 591 g/mol. The molecule has 0 aromatic heterocycles. The monoisotopic (exact) mass is 588 g/mol. The molecule has 1 N–H and O–H groups in total. The third-order valence-corrected chi connectivity index (χ3v) is 6.13. The molecule has 0 aliphatic carbocycles. The Morgan fingerprint density at radius 3 is 2.42 bits per heavy atom. The maximum atomic E-state index is 13.0. The minimum Gasteiger partial charge on any atom is -0.488 e. The van der Waals surface area contributed by atoms with Crippen molar-refractivity contribution >= 4 is 73.1 Å². The number of rotatable bonds is 5. The first-order valence-electron chi connectivity index (χ1n) is 9.65. The van der Waals surface area contributed by atoms with Gasteiger partial charge in [0.1, 0.15) is 17.9 Å². The van der Waals surface area contributed by atoms with Crippen LogP contribution in [0.25, 0.3) is 6.08 Å². The molecule has 0 bridgehead atoms. The number of urea groups is 1. The first-order chi connectivity index (χ1) is 15.8. The van der Waals surface area contributed by atoms with E-state index in [0.29, 0.717) is 27.4 Å². The molecule has 1 fully saturated rings. The van der Waals surface area contributed by atoms with Crippen molar-refractivity contribution in [2.24, 2.45) is 0 Å². The lowest BCUT2D eigenvalue weighted by Crippen LogP contribution is -2.54. The highest BCUT2D eigenvalue weighted by Gasteiger charge is 2.36. The minimum absolute atomic E-state index is 0.176. The Morgan fingerprint density at radius 2 is 1.73 bits per heavy atom. The second-order valence-corrected chi connectivity index (χ2v) is 9.25. The van der Waals surface area contributed by atoms with Gasteiger partial charge in [-0.1, -0.05) is 51.8 Å². The summed E-state index contributed by atoms with van der Waals surface area (Å²) in [5.41, 5.74) is 1.68. The third kappa shape index (κ3) is 5.35. The number of imide groups is 2. The molecule has 0 radical (unpaired) electrons. The zero-order valence-electron chi connectivity index (χ0n) is 16.8. The molecule has 1 heterocycles. The van der Waals surface area contributed by atoms with Crippen molar-refractivity contribution < 1.29 is 19.1 Å². The van der Waals surface area contributed by atoms with E-state index in [1.165, 1.54) is 12.1 Å². The second kappa shape index (κ2) is 9.91. The summed E-state index contributed by atoms with van der Waals surface area (Å²) in [5, 5.41) is 2.55. The highest BCUT2D eigenvalue weighted by Crippen LogP contribution is 2.29. The molecule has 0 spiro atoms. The van der Waals surface area contributed by atoms with E-state index in [1.807, 2.05) is 24.3 Å². The van der Waals surface area contributed by atoms with Crippen LogP contribution in [0.5, 0.6) is 5.75 Å². The second-order valence-electron chi connectivity index (χ2n) is 7.04. The van der Waals surface area contributed by atoms with Gasteiger partial charge in [-0.25, -0.2) is 9.69 Å². The van der Waals surface area contributed by atoms with Crippen LogP contribution in [0.1, 0.15) is 11.1 Å². The number of carbonyl (C=O) groups excluding carboxylic acids is 3. The number of nitrogens with zero attached hydrogens (tertiary/aromatic N) is 1. The van der Waals surface area contributed by atoms with Gasteiger partial charge in [-0.2, -0.15) is 0 Å². The van der Waals surface area contributed by atoms with E-state index in [1.54, 1.807) is 36.4 Å². The Kier molecular flexibility index (Phi) is 6.97. The number of hydrogen-bond donors (Lipinski definition) is 1. The van der Waals surface area contributed by atoms with Gasteiger partial charge < -0.3 is 4.74 Å². The van der Waals surface area contributed by atoms with Crippen molar-refractivity contribution in [3.63, 3.8) is 0 Å². The van der Waals surface area contributed by atoms with Gasteiger partial charge in [-0.05, 0) is 75.6 Å². The first-order valence-corrected chi connectivity index (χ1v) is 11.6. The van der Waals surface area contributed by atoms with Gasteiger partial charge in [0, 0.05) is 9.50 Å². The van der Waals surface area contributed by atoms with Crippen LogP contribution in [0, 0.1) is 0 Å². The van der Waals surface area contributed by atoms with E-state index in [4.69, 9.17) is 16.3 Å². The minimum atomic E-state index is -0.831. The summed E-state index contributed by atoms with van der Waals surface area (Å²) >= 11 is 12.9. The molecular formula is C24H15Br2ClN2O4. The van der Waals surface area contributed by atoms with Crippen LogP contribution in [0.3, 0.4) is 0 Å². The first kappa shape index (κ1) is 23.2. The van der Waals surface area contributed by atoms with Crippen LogP contribution in [-0.2, 0) is 16.2 Å². The molecule has 33 heavy (non-hydrogen) atoms. The number of amides is 4. The summed E-state index contributed by atoms with van der Waals surface area (Å²) in [6.45, 7) is 0.379. The average Bonchev–Trinajstić information content (AvgIpc) is 2.77. The third-order valence-electron chi connectivity index (χ3n) is 4.74. The van der Waals surface area contributed by atoms with Gasteiger partial charge in [-0.15, -0.1) is 0 Å². The Balaban J connectivity index is 1.56. The summed E-state index contributed by atoms with van der Waals surface area (Å²) in [7, 11) is 0. The fraction of sp³-hybridized carbons (Fsp3) is 0.0417. The van der Waals surface area contributed by atoms with Crippen molar-refractivity contribution in [1.29, 1.82) is 0 Å². The molecule has 0 atom stereocenters. The summed E-state index contributed by atoms with van der Waals surface area (Å²) in [6, 6.07) is 18.4. The number of benzene rings is 3. The van der Waals surface area contributed by atoms with E-state index in [0.717, 1.165) is 14.9 Å². The Bertz CT molecular complexity index is 1290. The quantitative estimate of drug-likeness (QED) is 0.288. The molecule has 4 amide bonds. The normalized spacial score (nSPS) is 15.1. The molecule has 1 saturated heterocycles. The lowest BCUT2D eigenvalue weighted by atomic mass is 10.1. The molecule has 4 rings (SSSR count). The van der Waals surface area contributed by atoms with Crippen molar-refractivity contribution in [2.75, 3.05) is 4.90 Å². The van der Waals surface area contributed by atoms with Crippen LogP contribution in [-0.4, -0.2) is 17.8 Å². The van der Waals surface area contributed by atoms with Crippen molar-refractivity contribution in [1.82, 2.24) is 5.32 Å². The molecule has 0 saturated carbocycles. The maximum absolute atomic E-state index is 13.0. The van der Waals surface area contributed by atoms with E-state index in [-0.39, 0.29) is 11.3 Å². The van der Waals surface area contributed by atoms with Crippen LogP contribution in [0.4, 0.5) is 10.5 Å². The molecule has 9 heteroatoms. The van der Waals surface area contributed by atoms with Gasteiger partial charge in [0.2, 0.25) is 0 Å². The van der Waals surface area contributed by atoms with Crippen LogP contribution in [0.15, 0.2) is 81.2 Å². The number of nitrogens with one attached hydrogen (secondary N) is 1. The number of barbiturate groups is 1. The SMILES string of the molecule is O=C1NC(=O)N(c2cccc(Cl)c2)C(=O)/C1=C/c1ccc(OCc2ccc(Br)cc2)c(Br)c1. The molecule has 1 aliphatic heterocycles. The standard InChI is InChI=1S/C24H15Br2ClN2O4/c25-16-7-4-14(5-8-16)13-33-21-9-6-15(11-20(21)26)10-19-22(30)28-24(32)29(23(19)31)18-3-1-2-17(27)12-18/h1-12H,13H2,(H,28,30,32)/b19-10+. The van der Waals surface area contributed by atoms with Gasteiger partial charge in [0.05, 0.1) is 10.2 Å². The van der Waals surface area contributed by atoms with E-state index in [2.05, 4.69) is 37.2 Å². The molecule has 0 unspecified atom stereocenters. The van der Waals surface area contributed by atoms with E-state index < -0.39 is 17.8 Å². The smallest absolute Gasteiger partial charge is 0.335 e. The molecule has 6 nitrogen and oxygen atoms in total. The number of halogens is 3. The van der Waals surface area contributed by atoms with Gasteiger partial charge in [0.25, 0.3) is 11.8 Å². The summed E-state index contributed by atoms with van der Waals surface area (Å²) in [5.74, 6) is -0.900. The summed E-state index contributed by atoms with van der Waals surface area (Å²) < 4.78 is 7.50. The Morgan fingerprint density at radius 1 is 0.970 bits per heavy atom. The zero-order chi connectivity index (χ0) is 23.5. The van der Waals surface area contributed by atoms with Crippen molar-refractivity contribution in [3.05, 3.63) is 97.4 Å². The predicted octanol–water partition coefficient (Wildman–Crippen LogP) is 6.11. The fourth-order valence-electron chi connectivity index (χ4n) is 3.14.